The molecule has 100 valence electrons. The zero-order chi connectivity index (χ0) is 13.9. The van der Waals surface area contributed by atoms with E-state index in [0.29, 0.717) is 0 Å². The number of aryl methyl sites for hydroxylation is 1. The molecule has 1 aromatic heterocycles. The zero-order valence-corrected chi connectivity index (χ0v) is 11.7. The maximum absolute atomic E-state index is 11.7. The van der Waals surface area contributed by atoms with Gasteiger partial charge in [0.15, 0.2) is 11.5 Å². The average Bonchev–Trinajstić information content (AvgIpc) is 2.66. The molecule has 0 radical (unpaired) electrons. The molecule has 5 nitrogen and oxygen atoms in total. The molecular weight excluding hydrogens is 254 g/mol. The topological polar surface area (TPSA) is 66.8 Å². The lowest BCUT2D eigenvalue weighted by Crippen LogP contribution is -2.36. The average molecular weight is 271 g/mol. The van der Waals surface area contributed by atoms with Gasteiger partial charge in [-0.2, -0.15) is 0 Å². The van der Waals surface area contributed by atoms with Gasteiger partial charge in [-0.25, -0.2) is 4.79 Å². The van der Waals surface area contributed by atoms with Gasteiger partial charge in [0.05, 0.1) is 0 Å². The fourth-order valence-electron chi connectivity index (χ4n) is 1.28. The van der Waals surface area contributed by atoms with Crippen molar-refractivity contribution in [3.63, 3.8) is 0 Å². The molecule has 0 atom stereocenters. The van der Waals surface area contributed by atoms with E-state index in [0.717, 1.165) is 16.2 Å². The Morgan fingerprint density at radius 3 is 2.61 bits per heavy atom. The molecule has 0 aliphatic heterocycles. The molecule has 18 heavy (non-hydrogen) atoms. The first-order valence-electron chi connectivity index (χ1n) is 5.55. The van der Waals surface area contributed by atoms with Crippen molar-refractivity contribution in [3.05, 3.63) is 15.8 Å². The summed E-state index contributed by atoms with van der Waals surface area (Å²) in [6, 6.07) is 1.72. The number of carbonyl (C=O) groups excluding carboxylic acids is 1. The molecule has 1 aromatic rings. The van der Waals surface area contributed by atoms with Crippen molar-refractivity contribution in [2.24, 2.45) is 0 Å². The molecule has 0 aromatic carbocycles. The first-order chi connectivity index (χ1) is 8.32. The number of hydrogen-bond donors (Lipinski definition) is 1. The highest BCUT2D eigenvalue weighted by atomic mass is 32.1. The molecule has 1 amide bonds. The minimum Gasteiger partial charge on any atom is -0.482 e. The second kappa shape index (κ2) is 5.86. The summed E-state index contributed by atoms with van der Waals surface area (Å²) in [5, 5.41) is 8.98. The number of carboxylic acids is 1. The molecule has 1 rings (SSSR count). The fraction of sp³-hybridized carbons (Fsp3) is 0.500. The van der Waals surface area contributed by atoms with E-state index in [1.54, 1.807) is 24.9 Å². The number of rotatable bonds is 5. The summed E-state index contributed by atoms with van der Waals surface area (Å²) in [5.41, 5.74) is 0. The number of aromatic carboxylic acids is 1. The summed E-state index contributed by atoms with van der Waals surface area (Å²) < 4.78 is 5.29. The molecule has 0 bridgehead atoms. The Balaban J connectivity index is 2.69. The molecule has 1 N–H and O–H groups in total. The van der Waals surface area contributed by atoms with Crippen molar-refractivity contribution in [2.75, 3.05) is 13.7 Å². The molecule has 0 spiro atoms. The van der Waals surface area contributed by atoms with Gasteiger partial charge in [-0.15, -0.1) is 11.3 Å². The first kappa shape index (κ1) is 14.5. The van der Waals surface area contributed by atoms with Crippen LogP contribution in [0.3, 0.4) is 0 Å². The van der Waals surface area contributed by atoms with Gasteiger partial charge in [0.1, 0.15) is 5.75 Å². The largest absolute Gasteiger partial charge is 0.482 e. The van der Waals surface area contributed by atoms with Crippen molar-refractivity contribution in [1.29, 1.82) is 0 Å². The standard InChI is InChI=1S/C12H17NO4S/c1-7(2)13(4)10(14)6-17-9-5-8(3)18-11(9)12(15)16/h5,7H,6H2,1-4H3,(H,15,16). The second-order valence-electron chi connectivity index (χ2n) is 4.24. The molecule has 1 heterocycles. The lowest BCUT2D eigenvalue weighted by molar-refractivity contribution is -0.133. The molecule has 0 saturated carbocycles. The maximum atomic E-state index is 11.7. The van der Waals surface area contributed by atoms with Gasteiger partial charge in [-0.1, -0.05) is 0 Å². The highest BCUT2D eigenvalue weighted by Crippen LogP contribution is 2.28. The minimum atomic E-state index is -1.03. The third kappa shape index (κ3) is 3.46. The van der Waals surface area contributed by atoms with Gasteiger partial charge in [0, 0.05) is 18.0 Å². The zero-order valence-electron chi connectivity index (χ0n) is 10.9. The van der Waals surface area contributed by atoms with Crippen LogP contribution in [-0.2, 0) is 4.79 Å². The number of likely N-dealkylation sites (N-methyl/N-ethyl adjacent to an activating group) is 1. The van der Waals surface area contributed by atoms with E-state index in [9.17, 15) is 9.59 Å². The number of thiophene rings is 1. The van der Waals surface area contributed by atoms with Crippen molar-refractivity contribution >= 4 is 23.2 Å². The lowest BCUT2D eigenvalue weighted by atomic mass is 10.3. The molecule has 0 aliphatic carbocycles. The fourth-order valence-corrected chi connectivity index (χ4v) is 2.07. The molecule has 0 unspecified atom stereocenters. The predicted octanol–water partition coefficient (Wildman–Crippen LogP) is 2.00. The number of nitrogens with zero attached hydrogens (tertiary/aromatic N) is 1. The Morgan fingerprint density at radius 1 is 1.50 bits per heavy atom. The number of ether oxygens (including phenoxy) is 1. The predicted molar refractivity (Wildman–Crippen MR) is 69.4 cm³/mol. The van der Waals surface area contributed by atoms with Crippen LogP contribution in [0.25, 0.3) is 0 Å². The SMILES string of the molecule is Cc1cc(OCC(=O)N(C)C(C)C)c(C(=O)O)s1. The Hall–Kier alpha value is -1.56. The molecule has 0 saturated heterocycles. The van der Waals surface area contributed by atoms with Crippen LogP contribution >= 0.6 is 11.3 Å². The summed E-state index contributed by atoms with van der Waals surface area (Å²) in [6.45, 7) is 5.45. The van der Waals surface area contributed by atoms with Crippen LogP contribution in [0.2, 0.25) is 0 Å². The van der Waals surface area contributed by atoms with E-state index >= 15 is 0 Å². The Labute approximate surface area is 110 Å². The summed E-state index contributed by atoms with van der Waals surface area (Å²) in [4.78, 5) is 25.2. The molecular formula is C12H17NO4S. The van der Waals surface area contributed by atoms with Crippen molar-refractivity contribution in [3.8, 4) is 5.75 Å². The van der Waals surface area contributed by atoms with Crippen LogP contribution < -0.4 is 4.74 Å². The van der Waals surface area contributed by atoms with Crippen LogP contribution in [0.1, 0.15) is 28.4 Å². The quantitative estimate of drug-likeness (QED) is 0.889. The first-order valence-corrected chi connectivity index (χ1v) is 6.36. The summed E-state index contributed by atoms with van der Waals surface area (Å²) >= 11 is 1.14. The highest BCUT2D eigenvalue weighted by molar-refractivity contribution is 7.14. The monoisotopic (exact) mass is 271 g/mol. The van der Waals surface area contributed by atoms with Gasteiger partial charge in [0.2, 0.25) is 0 Å². The third-order valence-corrected chi connectivity index (χ3v) is 3.55. The normalized spacial score (nSPS) is 10.5. The van der Waals surface area contributed by atoms with Crippen molar-refractivity contribution in [2.45, 2.75) is 26.8 Å². The summed E-state index contributed by atoms with van der Waals surface area (Å²) in [6.07, 6.45) is 0. The minimum absolute atomic E-state index is 0.0873. The van der Waals surface area contributed by atoms with E-state index in [1.807, 2.05) is 13.8 Å². The van der Waals surface area contributed by atoms with Gasteiger partial charge in [0.25, 0.3) is 5.91 Å². The van der Waals surface area contributed by atoms with Crippen molar-refractivity contribution in [1.82, 2.24) is 4.90 Å². The summed E-state index contributed by atoms with van der Waals surface area (Å²) in [7, 11) is 1.69. The van der Waals surface area contributed by atoms with Crippen LogP contribution in [0, 0.1) is 6.92 Å². The van der Waals surface area contributed by atoms with Gasteiger partial charge >= 0.3 is 5.97 Å². The lowest BCUT2D eigenvalue weighted by Gasteiger charge is -2.21. The Morgan fingerprint density at radius 2 is 2.11 bits per heavy atom. The van der Waals surface area contributed by atoms with Crippen molar-refractivity contribution < 1.29 is 19.4 Å². The van der Waals surface area contributed by atoms with Crippen LogP contribution in [0.15, 0.2) is 6.07 Å². The molecule has 0 fully saturated rings. The van der Waals surface area contributed by atoms with E-state index in [2.05, 4.69) is 0 Å². The Kier molecular flexibility index (Phi) is 4.72. The molecule has 0 aliphatic rings. The number of carboxylic acid groups (broad SMARTS) is 1. The third-order valence-electron chi connectivity index (χ3n) is 2.53. The van der Waals surface area contributed by atoms with Crippen LogP contribution in [0.5, 0.6) is 5.75 Å². The van der Waals surface area contributed by atoms with Gasteiger partial charge < -0.3 is 14.7 Å². The van der Waals surface area contributed by atoms with Gasteiger partial charge in [-0.3, -0.25) is 4.79 Å². The smallest absolute Gasteiger partial charge is 0.349 e. The maximum Gasteiger partial charge on any atom is 0.349 e. The number of amides is 1. The summed E-state index contributed by atoms with van der Waals surface area (Å²) in [5.74, 6) is -0.950. The highest BCUT2D eigenvalue weighted by Gasteiger charge is 2.18. The van der Waals surface area contributed by atoms with Crippen LogP contribution in [-0.4, -0.2) is 41.6 Å². The van der Waals surface area contributed by atoms with E-state index in [1.165, 1.54) is 0 Å². The van der Waals surface area contributed by atoms with E-state index in [4.69, 9.17) is 9.84 Å². The van der Waals surface area contributed by atoms with Gasteiger partial charge in [-0.05, 0) is 26.8 Å². The number of hydrogen-bond acceptors (Lipinski definition) is 4. The molecule has 6 heteroatoms. The van der Waals surface area contributed by atoms with E-state index < -0.39 is 5.97 Å². The Bertz CT molecular complexity index is 453. The van der Waals surface area contributed by atoms with Crippen LogP contribution in [0.4, 0.5) is 0 Å². The number of carbonyl (C=O) groups is 2. The van der Waals surface area contributed by atoms with E-state index in [-0.39, 0.29) is 29.2 Å². The second-order valence-corrected chi connectivity index (χ2v) is 5.50.